The van der Waals surface area contributed by atoms with Crippen LogP contribution < -0.4 is 15.4 Å². The Balaban J connectivity index is 2.06. The summed E-state index contributed by atoms with van der Waals surface area (Å²) in [5.41, 5.74) is 7.65. The Hall–Kier alpha value is -2.17. The summed E-state index contributed by atoms with van der Waals surface area (Å²) in [6.07, 6.45) is 0. The van der Waals surface area contributed by atoms with Crippen molar-refractivity contribution in [3.8, 4) is 5.75 Å². The lowest BCUT2D eigenvalue weighted by Crippen LogP contribution is -2.16. The molecule has 5 nitrogen and oxygen atoms in total. The molecule has 2 aromatic rings. The molecule has 0 aliphatic rings. The number of nitrogen functional groups attached to an aromatic ring is 1. The molecule has 0 spiro atoms. The summed E-state index contributed by atoms with van der Waals surface area (Å²) >= 11 is 0. The number of nitrogens with one attached hydrogen (secondary N) is 1. The third kappa shape index (κ3) is 2.69. The van der Waals surface area contributed by atoms with Crippen molar-refractivity contribution in [3.63, 3.8) is 0 Å². The van der Waals surface area contributed by atoms with Crippen molar-refractivity contribution in [1.82, 2.24) is 10.2 Å². The summed E-state index contributed by atoms with van der Waals surface area (Å²) in [4.78, 5) is 2.10. The first kappa shape index (κ1) is 11.3. The molecule has 0 aliphatic heterocycles. The lowest BCUT2D eigenvalue weighted by Gasteiger charge is -2.18. The smallest absolute Gasteiger partial charge is 0.145 e. The standard InChI is InChI=1S/C12H16N4O/c1-16(8-9-7-12(13)15-14-9)10-3-5-11(17-2)6-4-10/h3-7H,8H2,1-2H3,(H3,13,14,15). The summed E-state index contributed by atoms with van der Waals surface area (Å²) in [7, 11) is 3.67. The van der Waals surface area contributed by atoms with Crippen LogP contribution in [0.25, 0.3) is 0 Å². The number of rotatable bonds is 4. The number of benzene rings is 1. The molecule has 5 heteroatoms. The maximum absolute atomic E-state index is 5.55. The van der Waals surface area contributed by atoms with E-state index in [0.29, 0.717) is 5.82 Å². The Bertz CT molecular complexity index is 478. The Kier molecular flexibility index (Phi) is 3.18. The second-order valence-corrected chi connectivity index (χ2v) is 3.87. The van der Waals surface area contributed by atoms with Gasteiger partial charge in [-0.25, -0.2) is 0 Å². The van der Waals surface area contributed by atoms with Crippen LogP contribution >= 0.6 is 0 Å². The first-order valence-electron chi connectivity index (χ1n) is 5.34. The van der Waals surface area contributed by atoms with E-state index in [-0.39, 0.29) is 0 Å². The van der Waals surface area contributed by atoms with Crippen LogP contribution in [0.5, 0.6) is 5.75 Å². The molecule has 0 saturated heterocycles. The average Bonchev–Trinajstić information content (AvgIpc) is 2.75. The van der Waals surface area contributed by atoms with Crippen molar-refractivity contribution in [1.29, 1.82) is 0 Å². The van der Waals surface area contributed by atoms with Gasteiger partial charge in [-0.15, -0.1) is 0 Å². The van der Waals surface area contributed by atoms with E-state index in [1.54, 1.807) is 7.11 Å². The average molecular weight is 232 g/mol. The fourth-order valence-corrected chi connectivity index (χ4v) is 1.64. The SMILES string of the molecule is COc1ccc(N(C)Cc2cc(N)n[nH]2)cc1. The fourth-order valence-electron chi connectivity index (χ4n) is 1.64. The molecule has 1 aromatic carbocycles. The van der Waals surface area contributed by atoms with Crippen LogP contribution in [0.15, 0.2) is 30.3 Å². The summed E-state index contributed by atoms with van der Waals surface area (Å²) in [5.74, 6) is 1.37. The molecule has 90 valence electrons. The molecule has 1 heterocycles. The van der Waals surface area contributed by atoms with Gasteiger partial charge < -0.3 is 15.4 Å². The molecule has 3 N–H and O–H groups in total. The zero-order valence-corrected chi connectivity index (χ0v) is 9.97. The van der Waals surface area contributed by atoms with Crippen LogP contribution in [0.3, 0.4) is 0 Å². The van der Waals surface area contributed by atoms with E-state index in [9.17, 15) is 0 Å². The van der Waals surface area contributed by atoms with Crippen molar-refractivity contribution < 1.29 is 4.74 Å². The van der Waals surface area contributed by atoms with E-state index in [2.05, 4.69) is 15.1 Å². The molecular formula is C12H16N4O. The van der Waals surface area contributed by atoms with Gasteiger partial charge in [0.1, 0.15) is 11.6 Å². The van der Waals surface area contributed by atoms with Gasteiger partial charge in [0.05, 0.1) is 19.3 Å². The van der Waals surface area contributed by atoms with E-state index >= 15 is 0 Å². The Morgan fingerprint density at radius 1 is 1.35 bits per heavy atom. The molecule has 0 bridgehead atoms. The molecule has 2 rings (SSSR count). The number of H-pyrrole nitrogens is 1. The Labute approximate surface area is 100 Å². The first-order chi connectivity index (χ1) is 8.19. The molecule has 0 radical (unpaired) electrons. The molecule has 1 aromatic heterocycles. The predicted octanol–water partition coefficient (Wildman–Crippen LogP) is 1.64. The summed E-state index contributed by atoms with van der Waals surface area (Å²) < 4.78 is 5.12. The highest BCUT2D eigenvalue weighted by Crippen LogP contribution is 2.19. The number of hydrogen-bond acceptors (Lipinski definition) is 4. The molecule has 0 unspecified atom stereocenters. The topological polar surface area (TPSA) is 67.2 Å². The number of ether oxygens (including phenoxy) is 1. The third-order valence-electron chi connectivity index (χ3n) is 2.57. The van der Waals surface area contributed by atoms with E-state index in [1.165, 1.54) is 0 Å². The quantitative estimate of drug-likeness (QED) is 0.841. The summed E-state index contributed by atoms with van der Waals surface area (Å²) in [6, 6.07) is 9.73. The molecule has 17 heavy (non-hydrogen) atoms. The number of hydrogen-bond donors (Lipinski definition) is 2. The maximum Gasteiger partial charge on any atom is 0.145 e. The number of aromatic nitrogens is 2. The number of nitrogens with two attached hydrogens (primary N) is 1. The highest BCUT2D eigenvalue weighted by atomic mass is 16.5. The van der Waals surface area contributed by atoms with E-state index in [1.807, 2.05) is 37.4 Å². The highest BCUT2D eigenvalue weighted by Gasteiger charge is 2.04. The summed E-state index contributed by atoms with van der Waals surface area (Å²) in [5, 5.41) is 6.78. The minimum absolute atomic E-state index is 0.517. The van der Waals surface area contributed by atoms with Crippen molar-refractivity contribution in [2.24, 2.45) is 0 Å². The first-order valence-corrected chi connectivity index (χ1v) is 5.34. The molecule has 0 amide bonds. The zero-order valence-electron chi connectivity index (χ0n) is 9.97. The summed E-state index contributed by atoms with van der Waals surface area (Å²) in [6.45, 7) is 0.733. The minimum Gasteiger partial charge on any atom is -0.497 e. The highest BCUT2D eigenvalue weighted by molar-refractivity contribution is 5.48. The second kappa shape index (κ2) is 4.78. The van der Waals surface area contributed by atoms with Gasteiger partial charge in [0.15, 0.2) is 0 Å². The third-order valence-corrected chi connectivity index (χ3v) is 2.57. The fraction of sp³-hybridized carbons (Fsp3) is 0.250. The second-order valence-electron chi connectivity index (χ2n) is 3.87. The van der Waals surface area contributed by atoms with Gasteiger partial charge in [-0.3, -0.25) is 5.10 Å². The van der Waals surface area contributed by atoms with Crippen LogP contribution in [0.2, 0.25) is 0 Å². The predicted molar refractivity (Wildman–Crippen MR) is 68.1 cm³/mol. The van der Waals surface area contributed by atoms with Crippen molar-refractivity contribution in [2.45, 2.75) is 6.54 Å². The molecule has 0 fully saturated rings. The van der Waals surface area contributed by atoms with E-state index < -0.39 is 0 Å². The monoisotopic (exact) mass is 232 g/mol. The normalized spacial score (nSPS) is 10.2. The van der Waals surface area contributed by atoms with Crippen molar-refractivity contribution in [3.05, 3.63) is 36.0 Å². The number of aromatic amines is 1. The van der Waals surface area contributed by atoms with Gasteiger partial charge in [0, 0.05) is 18.8 Å². The Morgan fingerprint density at radius 3 is 2.59 bits per heavy atom. The van der Waals surface area contributed by atoms with Gasteiger partial charge in [-0.1, -0.05) is 0 Å². The van der Waals surface area contributed by atoms with Gasteiger partial charge in [-0.05, 0) is 24.3 Å². The van der Waals surface area contributed by atoms with Gasteiger partial charge >= 0.3 is 0 Å². The maximum atomic E-state index is 5.55. The lowest BCUT2D eigenvalue weighted by atomic mass is 10.2. The van der Waals surface area contributed by atoms with Gasteiger partial charge in [0.25, 0.3) is 0 Å². The minimum atomic E-state index is 0.517. The van der Waals surface area contributed by atoms with E-state index in [4.69, 9.17) is 10.5 Å². The Morgan fingerprint density at radius 2 is 2.06 bits per heavy atom. The molecule has 0 atom stereocenters. The van der Waals surface area contributed by atoms with Crippen LogP contribution in [0, 0.1) is 0 Å². The van der Waals surface area contributed by atoms with E-state index in [0.717, 1.165) is 23.7 Å². The van der Waals surface area contributed by atoms with Gasteiger partial charge in [-0.2, -0.15) is 5.10 Å². The molecule has 0 saturated carbocycles. The number of methoxy groups -OCH3 is 1. The van der Waals surface area contributed by atoms with Gasteiger partial charge in [0.2, 0.25) is 0 Å². The molecular weight excluding hydrogens is 216 g/mol. The number of anilines is 2. The van der Waals surface area contributed by atoms with Crippen molar-refractivity contribution in [2.75, 3.05) is 24.8 Å². The zero-order chi connectivity index (χ0) is 12.3. The van der Waals surface area contributed by atoms with Crippen LogP contribution in [-0.2, 0) is 6.54 Å². The van der Waals surface area contributed by atoms with Crippen LogP contribution in [0.4, 0.5) is 11.5 Å². The number of nitrogens with zero attached hydrogens (tertiary/aromatic N) is 2. The van der Waals surface area contributed by atoms with Crippen molar-refractivity contribution >= 4 is 11.5 Å². The largest absolute Gasteiger partial charge is 0.497 e. The van der Waals surface area contributed by atoms with Crippen LogP contribution in [0.1, 0.15) is 5.69 Å². The van der Waals surface area contributed by atoms with Crippen LogP contribution in [-0.4, -0.2) is 24.4 Å². The molecule has 0 aliphatic carbocycles. The lowest BCUT2D eigenvalue weighted by molar-refractivity contribution is 0.415.